The molecular weight excluding hydrogens is 328 g/mol. The monoisotopic (exact) mass is 350 g/mol. The number of nitrogens with zero attached hydrogens (tertiary/aromatic N) is 1. The number of ether oxygens (including phenoxy) is 1. The van der Waals surface area contributed by atoms with E-state index in [0.717, 1.165) is 28.6 Å². The number of para-hydroxylation sites is 1. The summed E-state index contributed by atoms with van der Waals surface area (Å²) in [5, 5.41) is 11.5. The van der Waals surface area contributed by atoms with E-state index in [-0.39, 0.29) is 17.6 Å². The molecule has 2 atom stereocenters. The number of carbonyl (C=O) groups excluding carboxylic acids is 1. The average Bonchev–Trinajstić information content (AvgIpc) is 3.06. The molecule has 1 aliphatic heterocycles. The molecule has 2 aliphatic rings. The summed E-state index contributed by atoms with van der Waals surface area (Å²) >= 11 is 0. The number of amides is 1. The summed E-state index contributed by atoms with van der Waals surface area (Å²) in [6.07, 6.45) is 5.30. The lowest BCUT2D eigenvalue weighted by molar-refractivity contribution is 0.0512. The largest absolute Gasteiger partial charge is 0.375 e. The predicted octanol–water partition coefficient (Wildman–Crippen LogP) is 3.25. The van der Waals surface area contributed by atoms with Crippen molar-refractivity contribution in [1.82, 2.24) is 20.5 Å². The highest BCUT2D eigenvalue weighted by atomic mass is 16.5. The normalized spacial score (nSPS) is 25.7. The van der Waals surface area contributed by atoms with Crippen LogP contribution in [0.2, 0.25) is 0 Å². The van der Waals surface area contributed by atoms with E-state index in [1.807, 2.05) is 36.5 Å². The predicted molar refractivity (Wildman–Crippen MR) is 98.8 cm³/mol. The highest BCUT2D eigenvalue weighted by Gasteiger charge is 2.49. The standard InChI is InChI=1S/C20H22N4O2/c1-20(8-9-26-18(20)12-6-7-12)22-19(25)17-10-16(23-24-17)14-11-21-15-5-3-2-4-13(14)15/h2-5,10-12,18,21H,6-9H2,1H3,(H,22,25)(H,23,24). The van der Waals surface area contributed by atoms with Crippen LogP contribution in [-0.2, 0) is 4.74 Å². The molecule has 1 saturated carbocycles. The van der Waals surface area contributed by atoms with Crippen molar-refractivity contribution in [2.75, 3.05) is 6.61 Å². The number of fused-ring (bicyclic) bond motifs is 1. The quantitative estimate of drug-likeness (QED) is 0.675. The first-order chi connectivity index (χ1) is 12.6. The molecule has 2 unspecified atom stereocenters. The molecule has 134 valence electrons. The Bertz CT molecular complexity index is 971. The van der Waals surface area contributed by atoms with Crippen molar-refractivity contribution >= 4 is 16.8 Å². The lowest BCUT2D eigenvalue weighted by atomic mass is 9.90. The van der Waals surface area contributed by atoms with Crippen molar-refractivity contribution in [1.29, 1.82) is 0 Å². The summed E-state index contributed by atoms with van der Waals surface area (Å²) < 4.78 is 5.90. The smallest absolute Gasteiger partial charge is 0.269 e. The first-order valence-electron chi connectivity index (χ1n) is 9.20. The number of nitrogens with one attached hydrogen (secondary N) is 3. The zero-order chi connectivity index (χ0) is 17.7. The Morgan fingerprint density at radius 2 is 2.19 bits per heavy atom. The van der Waals surface area contributed by atoms with Crippen LogP contribution in [-0.4, -0.2) is 39.3 Å². The second kappa shape index (κ2) is 5.71. The maximum atomic E-state index is 12.8. The summed E-state index contributed by atoms with van der Waals surface area (Å²) in [6, 6.07) is 9.88. The molecule has 1 amide bonds. The Kier molecular flexibility index (Phi) is 3.43. The number of hydrogen-bond donors (Lipinski definition) is 3. The van der Waals surface area contributed by atoms with Crippen molar-refractivity contribution in [2.24, 2.45) is 5.92 Å². The van der Waals surface area contributed by atoms with E-state index in [4.69, 9.17) is 4.74 Å². The van der Waals surface area contributed by atoms with Gasteiger partial charge in [-0.15, -0.1) is 0 Å². The second-order valence-corrected chi connectivity index (χ2v) is 7.67. The van der Waals surface area contributed by atoms with Gasteiger partial charge < -0.3 is 15.0 Å². The zero-order valence-electron chi connectivity index (χ0n) is 14.7. The lowest BCUT2D eigenvalue weighted by Gasteiger charge is -2.31. The van der Waals surface area contributed by atoms with Gasteiger partial charge in [-0.1, -0.05) is 18.2 Å². The van der Waals surface area contributed by atoms with Crippen LogP contribution in [0, 0.1) is 5.92 Å². The molecule has 3 heterocycles. The minimum atomic E-state index is -0.301. The maximum Gasteiger partial charge on any atom is 0.269 e. The summed E-state index contributed by atoms with van der Waals surface area (Å²) in [4.78, 5) is 16.0. The molecule has 5 rings (SSSR count). The Hall–Kier alpha value is -2.60. The van der Waals surface area contributed by atoms with Gasteiger partial charge in [0.2, 0.25) is 0 Å². The molecule has 3 aromatic rings. The first kappa shape index (κ1) is 15.6. The van der Waals surface area contributed by atoms with E-state index in [1.54, 1.807) is 0 Å². The van der Waals surface area contributed by atoms with E-state index in [9.17, 15) is 4.79 Å². The minimum absolute atomic E-state index is 0.123. The van der Waals surface area contributed by atoms with Gasteiger partial charge in [-0.05, 0) is 44.2 Å². The minimum Gasteiger partial charge on any atom is -0.375 e. The van der Waals surface area contributed by atoms with Gasteiger partial charge in [-0.25, -0.2) is 0 Å². The highest BCUT2D eigenvalue weighted by Crippen LogP contribution is 2.43. The van der Waals surface area contributed by atoms with Gasteiger partial charge in [0.25, 0.3) is 5.91 Å². The Balaban J connectivity index is 1.39. The first-order valence-corrected chi connectivity index (χ1v) is 9.20. The van der Waals surface area contributed by atoms with Crippen molar-refractivity contribution in [3.8, 4) is 11.3 Å². The fourth-order valence-corrected chi connectivity index (χ4v) is 4.10. The van der Waals surface area contributed by atoms with Crippen LogP contribution in [0.25, 0.3) is 22.2 Å². The summed E-state index contributed by atoms with van der Waals surface area (Å²) in [5.41, 5.74) is 2.98. The summed E-state index contributed by atoms with van der Waals surface area (Å²) in [7, 11) is 0. The van der Waals surface area contributed by atoms with Crippen LogP contribution in [0.3, 0.4) is 0 Å². The Morgan fingerprint density at radius 3 is 3.04 bits per heavy atom. The zero-order valence-corrected chi connectivity index (χ0v) is 14.7. The third kappa shape index (κ3) is 2.52. The molecule has 2 fully saturated rings. The number of hydrogen-bond acceptors (Lipinski definition) is 3. The van der Waals surface area contributed by atoms with Crippen LogP contribution < -0.4 is 5.32 Å². The Morgan fingerprint density at radius 1 is 1.35 bits per heavy atom. The van der Waals surface area contributed by atoms with Gasteiger partial charge in [-0.3, -0.25) is 9.89 Å². The molecule has 3 N–H and O–H groups in total. The van der Waals surface area contributed by atoms with E-state index in [2.05, 4.69) is 27.4 Å². The van der Waals surface area contributed by atoms with E-state index in [1.165, 1.54) is 12.8 Å². The van der Waals surface area contributed by atoms with Gasteiger partial charge in [0.05, 0.1) is 17.3 Å². The summed E-state index contributed by atoms with van der Waals surface area (Å²) in [6.45, 7) is 2.80. The van der Waals surface area contributed by atoms with Gasteiger partial charge in [0.15, 0.2) is 0 Å². The molecule has 0 bridgehead atoms. The fourth-order valence-electron chi connectivity index (χ4n) is 4.10. The molecule has 2 aromatic heterocycles. The lowest BCUT2D eigenvalue weighted by Crippen LogP contribution is -2.52. The SMILES string of the molecule is CC1(NC(=O)c2cc(-c3c[nH]c4ccccc34)n[nH]2)CCOC1C1CC1. The van der Waals surface area contributed by atoms with Crippen molar-refractivity contribution in [3.63, 3.8) is 0 Å². The molecule has 1 saturated heterocycles. The number of H-pyrrole nitrogens is 2. The van der Waals surface area contributed by atoms with Crippen LogP contribution in [0.1, 0.15) is 36.7 Å². The molecule has 0 spiro atoms. The van der Waals surface area contributed by atoms with Gasteiger partial charge in [0, 0.05) is 29.3 Å². The number of aromatic amines is 2. The van der Waals surface area contributed by atoms with E-state index in [0.29, 0.717) is 18.2 Å². The van der Waals surface area contributed by atoms with Gasteiger partial charge >= 0.3 is 0 Å². The maximum absolute atomic E-state index is 12.8. The number of benzene rings is 1. The molecule has 6 heteroatoms. The van der Waals surface area contributed by atoms with Crippen LogP contribution in [0.5, 0.6) is 0 Å². The molecule has 1 aliphatic carbocycles. The Labute approximate surface area is 151 Å². The second-order valence-electron chi connectivity index (χ2n) is 7.67. The third-order valence-corrected chi connectivity index (χ3v) is 5.68. The van der Waals surface area contributed by atoms with Crippen LogP contribution in [0.4, 0.5) is 0 Å². The number of carbonyl (C=O) groups is 1. The molecular formula is C20H22N4O2. The molecule has 26 heavy (non-hydrogen) atoms. The fraction of sp³-hybridized carbons (Fsp3) is 0.400. The number of rotatable bonds is 4. The van der Waals surface area contributed by atoms with E-state index < -0.39 is 0 Å². The van der Waals surface area contributed by atoms with Crippen LogP contribution >= 0.6 is 0 Å². The van der Waals surface area contributed by atoms with Gasteiger partial charge in [0.1, 0.15) is 5.69 Å². The van der Waals surface area contributed by atoms with Gasteiger partial charge in [-0.2, -0.15) is 5.10 Å². The van der Waals surface area contributed by atoms with Crippen molar-refractivity contribution in [2.45, 2.75) is 37.8 Å². The molecule has 0 radical (unpaired) electrons. The molecule has 6 nitrogen and oxygen atoms in total. The van der Waals surface area contributed by atoms with E-state index >= 15 is 0 Å². The third-order valence-electron chi connectivity index (χ3n) is 5.68. The summed E-state index contributed by atoms with van der Waals surface area (Å²) in [5.74, 6) is 0.466. The number of aromatic nitrogens is 3. The highest BCUT2D eigenvalue weighted by molar-refractivity contribution is 5.97. The topological polar surface area (TPSA) is 82.8 Å². The van der Waals surface area contributed by atoms with Crippen molar-refractivity contribution in [3.05, 3.63) is 42.2 Å². The molecule has 1 aromatic carbocycles. The van der Waals surface area contributed by atoms with Crippen molar-refractivity contribution < 1.29 is 9.53 Å². The average molecular weight is 350 g/mol. The van der Waals surface area contributed by atoms with Crippen LogP contribution in [0.15, 0.2) is 36.5 Å².